The van der Waals surface area contributed by atoms with E-state index in [0.717, 1.165) is 13.0 Å². The lowest BCUT2D eigenvalue weighted by Crippen LogP contribution is -2.87. The van der Waals surface area contributed by atoms with Gasteiger partial charge >= 0.3 is 0 Å². The van der Waals surface area contributed by atoms with Crippen molar-refractivity contribution in [2.24, 2.45) is 0 Å². The molecule has 86 valence electrons. The predicted molar refractivity (Wildman–Crippen MR) is 63.4 cm³/mol. The lowest BCUT2D eigenvalue weighted by molar-refractivity contribution is -0.679. The van der Waals surface area contributed by atoms with Gasteiger partial charge < -0.3 is 10.1 Å². The second-order valence-corrected chi connectivity index (χ2v) is 5.07. The number of hydrogen-bond acceptors (Lipinski definition) is 1. The molecule has 2 heteroatoms. The van der Waals surface area contributed by atoms with Crippen molar-refractivity contribution >= 4 is 0 Å². The number of fused-ring (bicyclic) bond motifs is 1. The minimum atomic E-state index is 0.340. The van der Waals surface area contributed by atoms with Crippen molar-refractivity contribution in [1.29, 1.82) is 0 Å². The molecule has 2 aliphatic rings. The zero-order chi connectivity index (χ0) is 11.0. The van der Waals surface area contributed by atoms with Crippen LogP contribution in [-0.2, 0) is 11.2 Å². The van der Waals surface area contributed by atoms with Gasteiger partial charge in [-0.25, -0.2) is 0 Å². The van der Waals surface area contributed by atoms with Crippen LogP contribution in [0.3, 0.4) is 0 Å². The molecule has 1 unspecified atom stereocenters. The van der Waals surface area contributed by atoms with Gasteiger partial charge in [-0.1, -0.05) is 23.8 Å². The van der Waals surface area contributed by atoms with Gasteiger partial charge in [0.05, 0.1) is 13.2 Å². The first-order valence-corrected chi connectivity index (χ1v) is 6.39. The van der Waals surface area contributed by atoms with E-state index in [0.29, 0.717) is 12.1 Å². The summed E-state index contributed by atoms with van der Waals surface area (Å²) in [5, 5.41) is 2.46. The molecule has 1 aromatic rings. The maximum Gasteiger partial charge on any atom is 0.134 e. The van der Waals surface area contributed by atoms with Crippen LogP contribution in [0, 0.1) is 6.92 Å². The molecular formula is C14H20NO+. The van der Waals surface area contributed by atoms with Crippen LogP contribution < -0.4 is 5.32 Å². The van der Waals surface area contributed by atoms with Gasteiger partial charge in [0, 0.05) is 12.8 Å². The van der Waals surface area contributed by atoms with Crippen molar-refractivity contribution in [1.82, 2.24) is 0 Å². The Morgan fingerprint density at radius 3 is 3.12 bits per heavy atom. The molecule has 0 spiro atoms. The third-order valence-electron chi connectivity index (χ3n) is 3.87. The van der Waals surface area contributed by atoms with Crippen LogP contribution in [-0.4, -0.2) is 19.2 Å². The number of quaternary nitrogens is 1. The Kier molecular flexibility index (Phi) is 2.70. The Labute approximate surface area is 97.0 Å². The van der Waals surface area contributed by atoms with Crippen LogP contribution in [0.1, 0.15) is 35.6 Å². The Hall–Kier alpha value is -0.860. The van der Waals surface area contributed by atoms with E-state index in [4.69, 9.17) is 4.74 Å². The Bertz CT molecular complexity index is 382. The van der Waals surface area contributed by atoms with Crippen molar-refractivity contribution in [2.45, 2.75) is 38.3 Å². The first kappa shape index (κ1) is 10.3. The van der Waals surface area contributed by atoms with Gasteiger partial charge in [-0.05, 0) is 24.5 Å². The molecule has 2 N–H and O–H groups in total. The highest BCUT2D eigenvalue weighted by molar-refractivity contribution is 5.35. The van der Waals surface area contributed by atoms with Crippen LogP contribution in [0.2, 0.25) is 0 Å². The van der Waals surface area contributed by atoms with E-state index in [1.165, 1.54) is 36.1 Å². The van der Waals surface area contributed by atoms with Crippen molar-refractivity contribution in [2.75, 3.05) is 13.2 Å². The molecule has 1 fully saturated rings. The number of ether oxygens (including phenoxy) is 1. The van der Waals surface area contributed by atoms with Gasteiger partial charge in [-0.2, -0.15) is 0 Å². The summed E-state index contributed by atoms with van der Waals surface area (Å²) in [7, 11) is 0. The summed E-state index contributed by atoms with van der Waals surface area (Å²) < 4.78 is 6.00. The van der Waals surface area contributed by atoms with Gasteiger partial charge in [0.2, 0.25) is 0 Å². The van der Waals surface area contributed by atoms with Gasteiger partial charge in [0.1, 0.15) is 12.1 Å². The Balaban J connectivity index is 1.93. The van der Waals surface area contributed by atoms with Crippen molar-refractivity contribution in [3.63, 3.8) is 0 Å². The van der Waals surface area contributed by atoms with E-state index in [9.17, 15) is 0 Å². The lowest BCUT2D eigenvalue weighted by atomic mass is 9.91. The normalized spacial score (nSPS) is 29.1. The number of rotatable bonds is 1. The second-order valence-electron chi connectivity index (χ2n) is 5.07. The largest absolute Gasteiger partial charge is 0.367 e. The minimum absolute atomic E-state index is 0.340. The molecule has 0 aliphatic carbocycles. The summed E-state index contributed by atoms with van der Waals surface area (Å²) in [6, 6.07) is 7.48. The van der Waals surface area contributed by atoms with E-state index in [1.54, 1.807) is 0 Å². The molecule has 0 bridgehead atoms. The SMILES string of the molecule is Cc1ccc2c(c1)CCOC2[C@@H]1CCC[NH2+]1. The smallest absolute Gasteiger partial charge is 0.134 e. The average Bonchev–Trinajstić information content (AvgIpc) is 2.81. The lowest BCUT2D eigenvalue weighted by Gasteiger charge is -2.28. The van der Waals surface area contributed by atoms with Crippen LogP contribution >= 0.6 is 0 Å². The molecule has 3 rings (SSSR count). The zero-order valence-electron chi connectivity index (χ0n) is 9.91. The predicted octanol–water partition coefficient (Wildman–Crippen LogP) is 1.33. The average molecular weight is 218 g/mol. The molecule has 2 aliphatic heterocycles. The fourth-order valence-electron chi connectivity index (χ4n) is 3.05. The fraction of sp³-hybridized carbons (Fsp3) is 0.571. The monoisotopic (exact) mass is 218 g/mol. The molecule has 2 atom stereocenters. The fourth-order valence-corrected chi connectivity index (χ4v) is 3.05. The highest BCUT2D eigenvalue weighted by atomic mass is 16.5. The number of hydrogen-bond donors (Lipinski definition) is 1. The molecule has 1 saturated heterocycles. The maximum absolute atomic E-state index is 6.00. The van der Waals surface area contributed by atoms with Crippen LogP contribution in [0.25, 0.3) is 0 Å². The molecule has 16 heavy (non-hydrogen) atoms. The molecule has 0 radical (unpaired) electrons. The topological polar surface area (TPSA) is 25.8 Å². The quantitative estimate of drug-likeness (QED) is 0.756. The molecule has 2 heterocycles. The molecule has 0 saturated carbocycles. The number of benzene rings is 1. The maximum atomic E-state index is 6.00. The third-order valence-corrected chi connectivity index (χ3v) is 3.87. The standard InChI is InChI=1S/C14H19NO/c1-10-4-5-12-11(9-10)6-8-16-14(12)13-3-2-7-15-13/h4-5,9,13-15H,2-3,6-8H2,1H3/p+1/t13-,14?/m0/s1. The summed E-state index contributed by atoms with van der Waals surface area (Å²) in [5.41, 5.74) is 4.33. The van der Waals surface area contributed by atoms with Crippen LogP contribution in [0.5, 0.6) is 0 Å². The summed E-state index contributed by atoms with van der Waals surface area (Å²) >= 11 is 0. The first-order valence-electron chi connectivity index (χ1n) is 6.39. The van der Waals surface area contributed by atoms with Gasteiger partial charge in [0.15, 0.2) is 0 Å². The summed E-state index contributed by atoms with van der Waals surface area (Å²) in [6.07, 6.45) is 4.07. The molecule has 2 nitrogen and oxygen atoms in total. The summed E-state index contributed by atoms with van der Waals surface area (Å²) in [5.74, 6) is 0. The summed E-state index contributed by atoms with van der Waals surface area (Å²) in [4.78, 5) is 0. The number of nitrogens with two attached hydrogens (primary N) is 1. The highest BCUT2D eigenvalue weighted by Crippen LogP contribution is 2.31. The molecule has 1 aromatic carbocycles. The van der Waals surface area contributed by atoms with Crippen molar-refractivity contribution in [3.8, 4) is 0 Å². The molecule has 0 amide bonds. The zero-order valence-corrected chi connectivity index (χ0v) is 9.91. The van der Waals surface area contributed by atoms with Crippen LogP contribution in [0.4, 0.5) is 0 Å². The minimum Gasteiger partial charge on any atom is -0.367 e. The number of aryl methyl sites for hydroxylation is 1. The Morgan fingerprint density at radius 1 is 1.38 bits per heavy atom. The van der Waals surface area contributed by atoms with E-state index in [1.807, 2.05) is 0 Å². The van der Waals surface area contributed by atoms with Crippen molar-refractivity contribution < 1.29 is 10.1 Å². The van der Waals surface area contributed by atoms with E-state index >= 15 is 0 Å². The third kappa shape index (κ3) is 1.76. The van der Waals surface area contributed by atoms with Gasteiger partial charge in [-0.15, -0.1) is 0 Å². The first-order chi connectivity index (χ1) is 7.84. The van der Waals surface area contributed by atoms with Crippen LogP contribution in [0.15, 0.2) is 18.2 Å². The summed E-state index contributed by atoms with van der Waals surface area (Å²) in [6.45, 7) is 4.34. The molecule has 0 aromatic heterocycles. The van der Waals surface area contributed by atoms with Crippen molar-refractivity contribution in [3.05, 3.63) is 34.9 Å². The van der Waals surface area contributed by atoms with E-state index < -0.39 is 0 Å². The van der Waals surface area contributed by atoms with E-state index in [2.05, 4.69) is 30.4 Å². The molecular weight excluding hydrogens is 198 g/mol. The highest BCUT2D eigenvalue weighted by Gasteiger charge is 2.33. The second kappa shape index (κ2) is 4.19. The van der Waals surface area contributed by atoms with Gasteiger partial charge in [-0.3, -0.25) is 0 Å². The van der Waals surface area contributed by atoms with E-state index in [-0.39, 0.29) is 0 Å². The van der Waals surface area contributed by atoms with Gasteiger partial charge in [0.25, 0.3) is 0 Å². The Morgan fingerprint density at radius 2 is 2.31 bits per heavy atom.